The van der Waals surface area contributed by atoms with Crippen molar-refractivity contribution >= 4 is 33.2 Å². The average molecular weight is 480 g/mol. The largest absolute Gasteiger partial charge is 0.352 e. The van der Waals surface area contributed by atoms with Crippen molar-refractivity contribution in [1.82, 2.24) is 5.32 Å². The fraction of sp³-hybridized carbons (Fsp3) is 0.231. The van der Waals surface area contributed by atoms with Crippen LogP contribution in [0.3, 0.4) is 0 Å². The van der Waals surface area contributed by atoms with Crippen molar-refractivity contribution in [2.45, 2.75) is 38.5 Å². The third-order valence-electron chi connectivity index (χ3n) is 5.31. The first-order chi connectivity index (χ1) is 16.2. The molecule has 3 rings (SSSR count). The number of unbranched alkanes of at least 4 members (excludes halogenated alkanes) is 1. The molecule has 0 radical (unpaired) electrons. The summed E-state index contributed by atoms with van der Waals surface area (Å²) < 4.78 is 28.2. The lowest BCUT2D eigenvalue weighted by molar-refractivity contribution is 0.0954. The summed E-state index contributed by atoms with van der Waals surface area (Å²) in [4.78, 5) is 25.6. The Balaban J connectivity index is 1.81. The minimum Gasteiger partial charge on any atom is -0.352 e. The van der Waals surface area contributed by atoms with E-state index < -0.39 is 15.9 Å². The zero-order valence-corrected chi connectivity index (χ0v) is 20.3. The monoisotopic (exact) mass is 479 g/mol. The predicted octanol–water partition coefficient (Wildman–Crippen LogP) is 4.89. The predicted molar refractivity (Wildman–Crippen MR) is 135 cm³/mol. The molecule has 0 saturated carbocycles. The second-order valence-electron chi connectivity index (χ2n) is 8.06. The molecule has 0 aromatic heterocycles. The molecular weight excluding hydrogens is 450 g/mol. The number of aryl methyl sites for hydroxylation is 2. The van der Waals surface area contributed by atoms with Crippen LogP contribution in [0, 0.1) is 13.8 Å². The maximum atomic E-state index is 13.0. The molecule has 178 valence electrons. The molecule has 0 aliphatic rings. The first-order valence-electron chi connectivity index (χ1n) is 11.1. The van der Waals surface area contributed by atoms with Gasteiger partial charge in [0.2, 0.25) is 0 Å². The van der Waals surface area contributed by atoms with Crippen LogP contribution in [-0.2, 0) is 10.0 Å². The van der Waals surface area contributed by atoms with Crippen molar-refractivity contribution in [3.8, 4) is 0 Å². The maximum Gasteiger partial charge on any atom is 0.261 e. The summed E-state index contributed by atoms with van der Waals surface area (Å²) in [5.41, 5.74) is 2.92. The number of para-hydroxylation sites is 1. The van der Waals surface area contributed by atoms with Gasteiger partial charge in [-0.25, -0.2) is 8.42 Å². The number of carbonyl (C=O) groups excluding carboxylic acids is 2. The number of hydrogen-bond acceptors (Lipinski definition) is 4. The van der Waals surface area contributed by atoms with Gasteiger partial charge >= 0.3 is 0 Å². The van der Waals surface area contributed by atoms with Gasteiger partial charge in [0, 0.05) is 12.1 Å². The normalized spacial score (nSPS) is 11.0. The Hall–Kier alpha value is -3.65. The standard InChI is InChI=1S/C26H29N3O4S/c1-4-5-16-27-26(31)22-8-6-7-9-23(22)28-25(30)20-13-12-19(3)24(17-20)29-34(32,33)21-14-10-18(2)11-15-21/h6-15,17,29H,4-5,16H2,1-3H3,(H,27,31)(H,28,30). The van der Waals surface area contributed by atoms with E-state index in [0.717, 1.165) is 18.4 Å². The molecular formula is C26H29N3O4S. The number of hydrogen-bond donors (Lipinski definition) is 3. The van der Waals surface area contributed by atoms with Gasteiger partial charge in [-0.05, 0) is 62.2 Å². The Kier molecular flexibility index (Phi) is 8.07. The number of carbonyl (C=O) groups is 2. The molecule has 34 heavy (non-hydrogen) atoms. The van der Waals surface area contributed by atoms with E-state index in [9.17, 15) is 18.0 Å². The third kappa shape index (κ3) is 6.23. The summed E-state index contributed by atoms with van der Waals surface area (Å²) in [5.74, 6) is -0.718. The molecule has 0 saturated heterocycles. The number of amides is 2. The average Bonchev–Trinajstić information content (AvgIpc) is 2.81. The van der Waals surface area contributed by atoms with E-state index >= 15 is 0 Å². The van der Waals surface area contributed by atoms with E-state index in [0.29, 0.717) is 29.0 Å². The van der Waals surface area contributed by atoms with Crippen LogP contribution in [-0.4, -0.2) is 26.8 Å². The smallest absolute Gasteiger partial charge is 0.261 e. The van der Waals surface area contributed by atoms with Gasteiger partial charge in [0.15, 0.2) is 0 Å². The van der Waals surface area contributed by atoms with Crippen LogP contribution in [0.5, 0.6) is 0 Å². The molecule has 0 atom stereocenters. The van der Waals surface area contributed by atoms with E-state index in [1.807, 2.05) is 13.8 Å². The van der Waals surface area contributed by atoms with Crippen molar-refractivity contribution < 1.29 is 18.0 Å². The Morgan fingerprint density at radius 1 is 0.853 bits per heavy atom. The number of sulfonamides is 1. The maximum absolute atomic E-state index is 13.0. The molecule has 3 N–H and O–H groups in total. The van der Waals surface area contributed by atoms with E-state index in [4.69, 9.17) is 0 Å². The first kappa shape index (κ1) is 25.0. The third-order valence-corrected chi connectivity index (χ3v) is 6.69. The highest BCUT2D eigenvalue weighted by molar-refractivity contribution is 7.92. The Bertz CT molecular complexity index is 1290. The quantitative estimate of drug-likeness (QED) is 0.380. The van der Waals surface area contributed by atoms with Gasteiger partial charge in [-0.2, -0.15) is 0 Å². The lowest BCUT2D eigenvalue weighted by atomic mass is 10.1. The molecule has 0 unspecified atom stereocenters. The fourth-order valence-electron chi connectivity index (χ4n) is 3.25. The Labute approximate surface area is 200 Å². The lowest BCUT2D eigenvalue weighted by Gasteiger charge is -2.14. The number of nitrogens with one attached hydrogen (secondary N) is 3. The van der Waals surface area contributed by atoms with Gasteiger partial charge in [-0.1, -0.05) is 49.2 Å². The summed E-state index contributed by atoms with van der Waals surface area (Å²) >= 11 is 0. The van der Waals surface area contributed by atoms with Crippen LogP contribution in [0.1, 0.15) is 51.6 Å². The SMILES string of the molecule is CCCCNC(=O)c1ccccc1NC(=O)c1ccc(C)c(NS(=O)(=O)c2ccc(C)cc2)c1. The second kappa shape index (κ2) is 11.0. The molecule has 8 heteroatoms. The summed E-state index contributed by atoms with van der Waals surface area (Å²) in [6.07, 6.45) is 1.83. The molecule has 0 fully saturated rings. The molecule has 3 aromatic carbocycles. The van der Waals surface area contributed by atoms with Crippen molar-refractivity contribution in [3.63, 3.8) is 0 Å². The Morgan fingerprint density at radius 2 is 1.56 bits per heavy atom. The number of benzene rings is 3. The second-order valence-corrected chi connectivity index (χ2v) is 9.74. The lowest BCUT2D eigenvalue weighted by Crippen LogP contribution is -2.26. The van der Waals surface area contributed by atoms with E-state index in [-0.39, 0.29) is 16.4 Å². The zero-order chi connectivity index (χ0) is 24.7. The van der Waals surface area contributed by atoms with Gasteiger partial charge in [0.05, 0.1) is 21.8 Å². The molecule has 3 aromatic rings. The van der Waals surface area contributed by atoms with Gasteiger partial charge in [-0.15, -0.1) is 0 Å². The molecule has 0 spiro atoms. The summed E-state index contributed by atoms with van der Waals surface area (Å²) in [6.45, 7) is 6.23. The summed E-state index contributed by atoms with van der Waals surface area (Å²) in [7, 11) is -3.82. The van der Waals surface area contributed by atoms with Gasteiger partial charge in [-0.3, -0.25) is 14.3 Å². The summed E-state index contributed by atoms with van der Waals surface area (Å²) in [5, 5.41) is 5.62. The highest BCUT2D eigenvalue weighted by atomic mass is 32.2. The number of anilines is 2. The highest BCUT2D eigenvalue weighted by Crippen LogP contribution is 2.23. The Morgan fingerprint density at radius 3 is 2.26 bits per heavy atom. The number of rotatable bonds is 9. The van der Waals surface area contributed by atoms with Gasteiger partial charge < -0.3 is 10.6 Å². The van der Waals surface area contributed by atoms with Crippen molar-refractivity contribution in [2.75, 3.05) is 16.6 Å². The zero-order valence-electron chi connectivity index (χ0n) is 19.5. The van der Waals surface area contributed by atoms with Crippen molar-refractivity contribution in [2.24, 2.45) is 0 Å². The van der Waals surface area contributed by atoms with E-state index in [1.165, 1.54) is 18.2 Å². The molecule has 0 heterocycles. The van der Waals surface area contributed by atoms with Crippen LogP contribution in [0.2, 0.25) is 0 Å². The summed E-state index contributed by atoms with van der Waals surface area (Å²) in [6, 6.07) is 18.0. The van der Waals surface area contributed by atoms with Crippen LogP contribution in [0.25, 0.3) is 0 Å². The minimum absolute atomic E-state index is 0.135. The topological polar surface area (TPSA) is 104 Å². The molecule has 7 nitrogen and oxygen atoms in total. The van der Waals surface area contributed by atoms with Crippen molar-refractivity contribution in [3.05, 3.63) is 89.0 Å². The van der Waals surface area contributed by atoms with Crippen molar-refractivity contribution in [1.29, 1.82) is 0 Å². The molecule has 0 aliphatic carbocycles. The molecule has 2 amide bonds. The molecule has 0 bridgehead atoms. The van der Waals surface area contributed by atoms with Crippen LogP contribution >= 0.6 is 0 Å². The van der Waals surface area contributed by atoms with E-state index in [2.05, 4.69) is 15.4 Å². The van der Waals surface area contributed by atoms with Crippen LogP contribution < -0.4 is 15.4 Å². The van der Waals surface area contributed by atoms with E-state index in [1.54, 1.807) is 55.5 Å². The first-order valence-corrected chi connectivity index (χ1v) is 12.6. The highest BCUT2D eigenvalue weighted by Gasteiger charge is 2.18. The van der Waals surface area contributed by atoms with Crippen LogP contribution in [0.15, 0.2) is 71.6 Å². The van der Waals surface area contributed by atoms with Gasteiger partial charge in [0.1, 0.15) is 0 Å². The molecule has 0 aliphatic heterocycles. The minimum atomic E-state index is -3.82. The fourth-order valence-corrected chi connectivity index (χ4v) is 4.37. The van der Waals surface area contributed by atoms with Gasteiger partial charge in [0.25, 0.3) is 21.8 Å². The van der Waals surface area contributed by atoms with Crippen LogP contribution in [0.4, 0.5) is 11.4 Å².